The number of carbonyl (C=O) groups is 1. The third kappa shape index (κ3) is 2.64. The highest BCUT2D eigenvalue weighted by molar-refractivity contribution is 6.02. The largest absolute Gasteiger partial charge is 0.456 e. The van der Waals surface area contributed by atoms with Crippen LogP contribution in [0.4, 0.5) is 10.1 Å². The summed E-state index contributed by atoms with van der Waals surface area (Å²) in [5.41, 5.74) is 2.77. The van der Waals surface area contributed by atoms with E-state index in [-0.39, 0.29) is 17.3 Å². The van der Waals surface area contributed by atoms with Crippen molar-refractivity contribution >= 4 is 11.6 Å². The maximum atomic E-state index is 14.5. The Bertz CT molecular complexity index is 722. The van der Waals surface area contributed by atoms with Crippen LogP contribution >= 0.6 is 0 Å². The van der Waals surface area contributed by atoms with Gasteiger partial charge in [-0.1, -0.05) is 13.0 Å². The molecule has 1 aromatic heterocycles. The van der Waals surface area contributed by atoms with Gasteiger partial charge < -0.3 is 15.1 Å². The number of nitrogens with one attached hydrogen (secondary N) is 2. The molecule has 2 aromatic rings. The van der Waals surface area contributed by atoms with Crippen molar-refractivity contribution in [3.63, 3.8) is 0 Å². The molecule has 2 N–H and O–H groups in total. The van der Waals surface area contributed by atoms with Crippen molar-refractivity contribution in [3.8, 4) is 0 Å². The van der Waals surface area contributed by atoms with E-state index >= 15 is 0 Å². The molecule has 0 aliphatic carbocycles. The normalized spacial score (nSPS) is 13.8. The molecule has 0 unspecified atom stereocenters. The molecule has 0 fully saturated rings. The van der Waals surface area contributed by atoms with E-state index in [2.05, 4.69) is 10.6 Å². The highest BCUT2D eigenvalue weighted by Gasteiger charge is 2.19. The van der Waals surface area contributed by atoms with Crippen LogP contribution in [0.2, 0.25) is 0 Å². The predicted molar refractivity (Wildman–Crippen MR) is 82.6 cm³/mol. The van der Waals surface area contributed by atoms with E-state index in [1.165, 1.54) is 0 Å². The number of benzene rings is 1. The second kappa shape index (κ2) is 5.93. The van der Waals surface area contributed by atoms with E-state index < -0.39 is 5.91 Å². The van der Waals surface area contributed by atoms with Gasteiger partial charge in [0.05, 0.1) is 5.69 Å². The van der Waals surface area contributed by atoms with Gasteiger partial charge in [-0.05, 0) is 48.7 Å². The minimum atomic E-state index is -0.421. The molecule has 0 radical (unpaired) electrons. The van der Waals surface area contributed by atoms with Crippen LogP contribution in [0, 0.1) is 12.7 Å². The molecule has 3 rings (SSSR count). The van der Waals surface area contributed by atoms with Crippen LogP contribution in [0.5, 0.6) is 0 Å². The maximum absolute atomic E-state index is 14.5. The van der Waals surface area contributed by atoms with Crippen molar-refractivity contribution in [2.75, 3.05) is 11.9 Å². The predicted octanol–water partition coefficient (Wildman–Crippen LogP) is 3.19. The van der Waals surface area contributed by atoms with Crippen LogP contribution in [0.15, 0.2) is 22.6 Å². The molecule has 22 heavy (non-hydrogen) atoms. The summed E-state index contributed by atoms with van der Waals surface area (Å²) in [5, 5.41) is 5.81. The van der Waals surface area contributed by atoms with Crippen LogP contribution in [0.3, 0.4) is 0 Å². The van der Waals surface area contributed by atoms with Crippen LogP contribution < -0.4 is 10.6 Å². The molecule has 0 saturated carbocycles. The number of carbonyl (C=O) groups excluding carboxylic acids is 1. The maximum Gasteiger partial charge on any atom is 0.291 e. The first-order valence-corrected chi connectivity index (χ1v) is 7.51. The second-order valence-electron chi connectivity index (χ2n) is 5.52. The summed E-state index contributed by atoms with van der Waals surface area (Å²) in [7, 11) is 0. The molecule has 0 bridgehead atoms. The van der Waals surface area contributed by atoms with Crippen LogP contribution in [0.1, 0.15) is 39.9 Å². The molecule has 5 heteroatoms. The molecule has 0 spiro atoms. The summed E-state index contributed by atoms with van der Waals surface area (Å²) in [6.45, 7) is 5.27. The second-order valence-corrected chi connectivity index (χ2v) is 5.52. The molecule has 4 nitrogen and oxygen atoms in total. The third-order valence-corrected chi connectivity index (χ3v) is 4.02. The van der Waals surface area contributed by atoms with Gasteiger partial charge in [-0.3, -0.25) is 4.79 Å². The lowest BCUT2D eigenvalue weighted by molar-refractivity contribution is 0.0994. The van der Waals surface area contributed by atoms with Crippen molar-refractivity contribution in [3.05, 3.63) is 52.2 Å². The van der Waals surface area contributed by atoms with Crippen molar-refractivity contribution in [2.24, 2.45) is 0 Å². The SMILES string of the molecule is CCc1oc(C(=O)Nc2ccc3c(c2F)CCNC3)cc1C. The number of halogens is 1. The van der Waals surface area contributed by atoms with Gasteiger partial charge in [0, 0.05) is 13.0 Å². The Labute approximate surface area is 128 Å². The fourth-order valence-corrected chi connectivity index (χ4v) is 2.80. The standard InChI is InChI=1S/C17H19FN2O2/c1-3-14-10(2)8-15(22-14)17(21)20-13-5-4-11-9-19-7-6-12(11)16(13)18/h4-5,8,19H,3,6-7,9H2,1-2H3,(H,20,21). The van der Waals surface area contributed by atoms with Gasteiger partial charge in [-0.2, -0.15) is 0 Å². The fourth-order valence-electron chi connectivity index (χ4n) is 2.80. The van der Waals surface area contributed by atoms with Crippen molar-refractivity contribution in [1.29, 1.82) is 0 Å². The molecule has 1 aliphatic rings. The third-order valence-electron chi connectivity index (χ3n) is 4.02. The van der Waals surface area contributed by atoms with Gasteiger partial charge in [-0.15, -0.1) is 0 Å². The smallest absolute Gasteiger partial charge is 0.291 e. The lowest BCUT2D eigenvalue weighted by Gasteiger charge is -2.19. The Kier molecular flexibility index (Phi) is 3.98. The first kappa shape index (κ1) is 14.8. The van der Waals surface area contributed by atoms with Gasteiger partial charge in [0.15, 0.2) is 5.76 Å². The molecular formula is C17H19FN2O2. The Morgan fingerprint density at radius 1 is 1.45 bits per heavy atom. The molecule has 0 saturated heterocycles. The lowest BCUT2D eigenvalue weighted by atomic mass is 9.99. The van der Waals surface area contributed by atoms with E-state index in [9.17, 15) is 9.18 Å². The zero-order chi connectivity index (χ0) is 15.7. The molecule has 1 amide bonds. The van der Waals surface area contributed by atoms with E-state index in [0.717, 1.165) is 29.9 Å². The van der Waals surface area contributed by atoms with E-state index in [1.54, 1.807) is 12.1 Å². The molecule has 1 aromatic carbocycles. The van der Waals surface area contributed by atoms with Gasteiger partial charge in [-0.25, -0.2) is 4.39 Å². The van der Waals surface area contributed by atoms with Crippen molar-refractivity contribution in [2.45, 2.75) is 33.2 Å². The highest BCUT2D eigenvalue weighted by atomic mass is 19.1. The van der Waals surface area contributed by atoms with Gasteiger partial charge >= 0.3 is 0 Å². The highest BCUT2D eigenvalue weighted by Crippen LogP contribution is 2.25. The molecule has 2 heterocycles. The summed E-state index contributed by atoms with van der Waals surface area (Å²) in [5.74, 6) is 0.234. The van der Waals surface area contributed by atoms with Crippen LogP contribution in [0.25, 0.3) is 0 Å². The number of amides is 1. The van der Waals surface area contributed by atoms with Gasteiger partial charge in [0.2, 0.25) is 0 Å². The number of fused-ring (bicyclic) bond motifs is 1. The number of rotatable bonds is 3. The van der Waals surface area contributed by atoms with E-state index in [1.807, 2.05) is 19.9 Å². The number of furan rings is 1. The van der Waals surface area contributed by atoms with E-state index in [0.29, 0.717) is 18.5 Å². The first-order chi connectivity index (χ1) is 10.6. The van der Waals surface area contributed by atoms with Gasteiger partial charge in [0.25, 0.3) is 5.91 Å². The van der Waals surface area contributed by atoms with Crippen LogP contribution in [-0.4, -0.2) is 12.5 Å². The average molecular weight is 302 g/mol. The summed E-state index contributed by atoms with van der Waals surface area (Å²) in [4.78, 5) is 12.2. The van der Waals surface area contributed by atoms with Crippen molar-refractivity contribution < 1.29 is 13.6 Å². The Morgan fingerprint density at radius 3 is 3.00 bits per heavy atom. The molecule has 1 aliphatic heterocycles. The summed E-state index contributed by atoms with van der Waals surface area (Å²) >= 11 is 0. The summed E-state index contributed by atoms with van der Waals surface area (Å²) in [6, 6.07) is 5.15. The zero-order valence-electron chi connectivity index (χ0n) is 12.8. The molecular weight excluding hydrogens is 283 g/mol. The quantitative estimate of drug-likeness (QED) is 0.915. The van der Waals surface area contributed by atoms with E-state index in [4.69, 9.17) is 4.42 Å². The first-order valence-electron chi connectivity index (χ1n) is 7.51. The minimum Gasteiger partial charge on any atom is -0.456 e. The average Bonchev–Trinajstić information content (AvgIpc) is 2.91. The van der Waals surface area contributed by atoms with Crippen molar-refractivity contribution in [1.82, 2.24) is 5.32 Å². The monoisotopic (exact) mass is 302 g/mol. The number of anilines is 1. The minimum absolute atomic E-state index is 0.206. The van der Waals surface area contributed by atoms with Gasteiger partial charge in [0.1, 0.15) is 11.6 Å². The van der Waals surface area contributed by atoms with Crippen LogP contribution in [-0.2, 0) is 19.4 Å². The Hall–Kier alpha value is -2.14. The summed E-state index contributed by atoms with van der Waals surface area (Å²) in [6.07, 6.45) is 1.35. The summed E-state index contributed by atoms with van der Waals surface area (Å²) < 4.78 is 20.0. The topological polar surface area (TPSA) is 54.3 Å². The number of hydrogen-bond acceptors (Lipinski definition) is 3. The Balaban J connectivity index is 1.84. The molecule has 116 valence electrons. The lowest BCUT2D eigenvalue weighted by Crippen LogP contribution is -2.25. The Morgan fingerprint density at radius 2 is 2.27 bits per heavy atom. The number of aryl methyl sites for hydroxylation is 2. The molecule has 0 atom stereocenters. The fraction of sp³-hybridized carbons (Fsp3) is 0.353. The zero-order valence-corrected chi connectivity index (χ0v) is 12.8. The number of hydrogen-bond donors (Lipinski definition) is 2.